The SMILES string of the molecule is [N-]=[N+]=NCCCNC1(C(=O)O)CCOCC1. The summed E-state index contributed by atoms with van der Waals surface area (Å²) in [4.78, 5) is 13.8. The zero-order valence-corrected chi connectivity index (χ0v) is 9.06. The van der Waals surface area contributed by atoms with Gasteiger partial charge in [0.25, 0.3) is 0 Å². The average Bonchev–Trinajstić information content (AvgIpc) is 2.30. The van der Waals surface area contributed by atoms with Crippen LogP contribution in [0.15, 0.2) is 5.11 Å². The van der Waals surface area contributed by atoms with Gasteiger partial charge in [0.15, 0.2) is 0 Å². The normalized spacial score (nSPS) is 18.8. The van der Waals surface area contributed by atoms with E-state index in [9.17, 15) is 9.90 Å². The van der Waals surface area contributed by atoms with E-state index in [1.807, 2.05) is 0 Å². The van der Waals surface area contributed by atoms with Crippen LogP contribution in [0.5, 0.6) is 0 Å². The molecule has 0 saturated carbocycles. The van der Waals surface area contributed by atoms with E-state index >= 15 is 0 Å². The lowest BCUT2D eigenvalue weighted by Crippen LogP contribution is -2.55. The van der Waals surface area contributed by atoms with Crippen LogP contribution in [-0.4, -0.2) is 42.9 Å². The van der Waals surface area contributed by atoms with Gasteiger partial charge in [0, 0.05) is 24.7 Å². The van der Waals surface area contributed by atoms with Crippen LogP contribution in [0.1, 0.15) is 19.3 Å². The largest absolute Gasteiger partial charge is 0.480 e. The average molecular weight is 228 g/mol. The molecule has 90 valence electrons. The number of nitrogens with zero attached hydrogens (tertiary/aromatic N) is 3. The van der Waals surface area contributed by atoms with E-state index in [0.717, 1.165) is 0 Å². The molecule has 0 aromatic carbocycles. The summed E-state index contributed by atoms with van der Waals surface area (Å²) in [6.45, 7) is 1.85. The highest BCUT2D eigenvalue weighted by atomic mass is 16.5. The summed E-state index contributed by atoms with van der Waals surface area (Å²) in [5, 5.41) is 15.6. The molecule has 0 spiro atoms. The smallest absolute Gasteiger partial charge is 0.324 e. The molecule has 0 atom stereocenters. The molecule has 0 bridgehead atoms. The molecular formula is C9H16N4O3. The van der Waals surface area contributed by atoms with Crippen molar-refractivity contribution in [2.24, 2.45) is 5.11 Å². The van der Waals surface area contributed by atoms with E-state index in [0.29, 0.717) is 45.6 Å². The zero-order chi connectivity index (χ0) is 11.9. The molecule has 7 heteroatoms. The minimum Gasteiger partial charge on any atom is -0.480 e. The third kappa shape index (κ3) is 3.37. The number of azide groups is 1. The van der Waals surface area contributed by atoms with Crippen molar-refractivity contribution in [1.29, 1.82) is 0 Å². The Hall–Kier alpha value is -1.30. The van der Waals surface area contributed by atoms with E-state index in [4.69, 9.17) is 10.3 Å². The highest BCUT2D eigenvalue weighted by Gasteiger charge is 2.39. The molecule has 0 unspecified atom stereocenters. The maximum absolute atomic E-state index is 11.2. The fraction of sp³-hybridized carbons (Fsp3) is 0.889. The highest BCUT2D eigenvalue weighted by Crippen LogP contribution is 2.20. The molecule has 0 aromatic heterocycles. The highest BCUT2D eigenvalue weighted by molar-refractivity contribution is 5.78. The predicted molar refractivity (Wildman–Crippen MR) is 57.1 cm³/mol. The van der Waals surface area contributed by atoms with Gasteiger partial charge < -0.3 is 15.2 Å². The first-order valence-electron chi connectivity index (χ1n) is 5.28. The maximum atomic E-state index is 11.2. The lowest BCUT2D eigenvalue weighted by atomic mass is 9.90. The molecule has 2 N–H and O–H groups in total. The number of carbonyl (C=O) groups is 1. The third-order valence-electron chi connectivity index (χ3n) is 2.72. The summed E-state index contributed by atoms with van der Waals surface area (Å²) in [6, 6.07) is 0. The Kier molecular flexibility index (Phi) is 5.04. The van der Waals surface area contributed by atoms with Gasteiger partial charge in [0.05, 0.1) is 0 Å². The number of ether oxygens (including phenoxy) is 1. The summed E-state index contributed by atoms with van der Waals surface area (Å²) in [5.74, 6) is -0.834. The Labute approximate surface area is 93.4 Å². The molecular weight excluding hydrogens is 212 g/mol. The first-order valence-corrected chi connectivity index (χ1v) is 5.28. The second kappa shape index (κ2) is 6.32. The Morgan fingerprint density at radius 1 is 1.56 bits per heavy atom. The van der Waals surface area contributed by atoms with Gasteiger partial charge in [0.1, 0.15) is 5.54 Å². The van der Waals surface area contributed by atoms with Crippen LogP contribution in [0.2, 0.25) is 0 Å². The lowest BCUT2D eigenvalue weighted by Gasteiger charge is -2.34. The Balaban J connectivity index is 2.38. The van der Waals surface area contributed by atoms with Gasteiger partial charge in [-0.25, -0.2) is 0 Å². The maximum Gasteiger partial charge on any atom is 0.324 e. The Bertz CT molecular complexity index is 282. The van der Waals surface area contributed by atoms with Gasteiger partial charge in [-0.05, 0) is 31.3 Å². The van der Waals surface area contributed by atoms with Crippen molar-refractivity contribution >= 4 is 5.97 Å². The molecule has 1 aliphatic rings. The van der Waals surface area contributed by atoms with E-state index in [-0.39, 0.29) is 0 Å². The lowest BCUT2D eigenvalue weighted by molar-refractivity contribution is -0.149. The van der Waals surface area contributed by atoms with Gasteiger partial charge >= 0.3 is 5.97 Å². The van der Waals surface area contributed by atoms with Crippen LogP contribution in [0.25, 0.3) is 10.4 Å². The molecule has 16 heavy (non-hydrogen) atoms. The van der Waals surface area contributed by atoms with Crippen molar-refractivity contribution in [1.82, 2.24) is 5.32 Å². The first-order chi connectivity index (χ1) is 7.71. The minimum absolute atomic E-state index is 0.385. The molecule has 1 rings (SSSR count). The number of carboxylic acids is 1. The fourth-order valence-electron chi connectivity index (χ4n) is 1.71. The van der Waals surface area contributed by atoms with E-state index in [1.54, 1.807) is 0 Å². The standard InChI is InChI=1S/C9H16N4O3/c10-13-12-5-1-4-11-9(8(14)15)2-6-16-7-3-9/h11H,1-7H2,(H,14,15). The number of rotatable bonds is 6. The van der Waals surface area contributed by atoms with Gasteiger partial charge in [-0.15, -0.1) is 0 Å². The summed E-state index contributed by atoms with van der Waals surface area (Å²) < 4.78 is 5.15. The summed E-state index contributed by atoms with van der Waals surface area (Å²) in [5.41, 5.74) is 7.21. The summed E-state index contributed by atoms with van der Waals surface area (Å²) in [6.07, 6.45) is 1.59. The van der Waals surface area contributed by atoms with Crippen LogP contribution in [0.3, 0.4) is 0 Å². The van der Waals surface area contributed by atoms with Crippen molar-refractivity contribution in [3.63, 3.8) is 0 Å². The van der Waals surface area contributed by atoms with Gasteiger partial charge in [-0.1, -0.05) is 5.11 Å². The zero-order valence-electron chi connectivity index (χ0n) is 9.06. The number of aliphatic carboxylic acids is 1. The molecule has 0 radical (unpaired) electrons. The summed E-state index contributed by atoms with van der Waals surface area (Å²) >= 11 is 0. The van der Waals surface area contributed by atoms with Crippen LogP contribution in [0.4, 0.5) is 0 Å². The third-order valence-corrected chi connectivity index (χ3v) is 2.72. The molecule has 1 fully saturated rings. The van der Waals surface area contributed by atoms with Crippen molar-refractivity contribution in [2.45, 2.75) is 24.8 Å². The molecule has 0 aromatic rings. The first kappa shape index (κ1) is 12.8. The quantitative estimate of drug-likeness (QED) is 0.305. The Morgan fingerprint density at radius 3 is 2.81 bits per heavy atom. The number of carboxylic acid groups (broad SMARTS) is 1. The molecule has 0 aliphatic carbocycles. The molecule has 7 nitrogen and oxygen atoms in total. The number of hydrogen-bond acceptors (Lipinski definition) is 4. The van der Waals surface area contributed by atoms with Crippen LogP contribution in [-0.2, 0) is 9.53 Å². The monoisotopic (exact) mass is 228 g/mol. The van der Waals surface area contributed by atoms with Crippen LogP contribution >= 0.6 is 0 Å². The minimum atomic E-state index is -0.866. The predicted octanol–water partition coefficient (Wildman–Crippen LogP) is 0.910. The van der Waals surface area contributed by atoms with E-state index in [1.165, 1.54) is 0 Å². The molecule has 1 aliphatic heterocycles. The van der Waals surface area contributed by atoms with Gasteiger partial charge in [-0.3, -0.25) is 4.79 Å². The van der Waals surface area contributed by atoms with E-state index < -0.39 is 11.5 Å². The van der Waals surface area contributed by atoms with Crippen molar-refractivity contribution < 1.29 is 14.6 Å². The van der Waals surface area contributed by atoms with Crippen molar-refractivity contribution in [2.75, 3.05) is 26.3 Å². The summed E-state index contributed by atoms with van der Waals surface area (Å²) in [7, 11) is 0. The second-order valence-corrected chi connectivity index (χ2v) is 3.73. The topological polar surface area (TPSA) is 107 Å². The van der Waals surface area contributed by atoms with E-state index in [2.05, 4.69) is 15.3 Å². The fourth-order valence-corrected chi connectivity index (χ4v) is 1.71. The van der Waals surface area contributed by atoms with Crippen molar-refractivity contribution in [3.8, 4) is 0 Å². The van der Waals surface area contributed by atoms with Crippen molar-refractivity contribution in [3.05, 3.63) is 10.4 Å². The van der Waals surface area contributed by atoms with Crippen LogP contribution < -0.4 is 5.32 Å². The molecule has 0 amide bonds. The van der Waals surface area contributed by atoms with Gasteiger partial charge in [-0.2, -0.15) is 0 Å². The molecule has 1 heterocycles. The second-order valence-electron chi connectivity index (χ2n) is 3.73. The molecule has 1 saturated heterocycles. The number of hydrogen-bond donors (Lipinski definition) is 2. The Morgan fingerprint density at radius 2 is 2.25 bits per heavy atom. The van der Waals surface area contributed by atoms with Gasteiger partial charge in [0.2, 0.25) is 0 Å². The van der Waals surface area contributed by atoms with Crippen LogP contribution in [0, 0.1) is 0 Å². The number of nitrogens with one attached hydrogen (secondary N) is 1.